The van der Waals surface area contributed by atoms with Gasteiger partial charge in [-0.25, -0.2) is 9.67 Å². The Morgan fingerprint density at radius 1 is 1.23 bits per heavy atom. The fraction of sp³-hybridized carbons (Fsp3) is 0.154. The Labute approximate surface area is 208 Å². The normalized spacial score (nSPS) is 10.9. The molecule has 35 heavy (non-hydrogen) atoms. The van der Waals surface area contributed by atoms with Gasteiger partial charge in [0.05, 0.1) is 10.4 Å². The number of nitrogens with zero attached hydrogens (tertiary/aromatic N) is 4. The number of nitrogens with two attached hydrogens (primary N) is 2. The van der Waals surface area contributed by atoms with E-state index in [-0.39, 0.29) is 16.9 Å². The number of benzene rings is 2. The Morgan fingerprint density at radius 2 is 1.91 bits per heavy atom. The van der Waals surface area contributed by atoms with Gasteiger partial charge in [0.25, 0.3) is 11.5 Å². The third-order valence-electron chi connectivity index (χ3n) is 5.32. The molecule has 0 atom stereocenters. The first-order valence-corrected chi connectivity index (χ1v) is 11.2. The van der Waals surface area contributed by atoms with Crippen molar-refractivity contribution in [1.29, 1.82) is 0 Å². The molecule has 4 rings (SSSR count). The van der Waals surface area contributed by atoms with E-state index in [9.17, 15) is 9.59 Å². The summed E-state index contributed by atoms with van der Waals surface area (Å²) in [6.07, 6.45) is 3.70. The minimum Gasteiger partial charge on any atom is -0.381 e. The molecule has 0 aliphatic carbocycles. The maximum absolute atomic E-state index is 12.9. The molecule has 2 heterocycles. The van der Waals surface area contributed by atoms with Gasteiger partial charge in [0, 0.05) is 24.6 Å². The van der Waals surface area contributed by atoms with Gasteiger partial charge in [-0.2, -0.15) is 5.10 Å². The van der Waals surface area contributed by atoms with Crippen LogP contribution in [0.1, 0.15) is 28.5 Å². The Hall–Kier alpha value is -4.17. The van der Waals surface area contributed by atoms with Gasteiger partial charge in [-0.1, -0.05) is 61.0 Å². The van der Waals surface area contributed by atoms with Crippen LogP contribution < -0.4 is 17.0 Å². The molecule has 4 aromatic rings. The number of carbonyl (C=O) groups excluding carboxylic acids is 1. The quantitative estimate of drug-likeness (QED) is 0.400. The van der Waals surface area contributed by atoms with Crippen molar-refractivity contribution in [3.05, 3.63) is 93.4 Å². The Morgan fingerprint density at radius 3 is 2.51 bits per heavy atom. The standard InChI is InChI=1S/C18H16ClNO.C8H11N5O/c1-3-14-11-13-5-4-6-16(19)17(13)18(21)20(14)15-9-7-12(2)8-10-15;1-3-4-11-8-5(7(10)14)6(9)12-13(8)2/h4-11H,3H2,1-2H3;3-4H,1H2,2H3,(H2,9,12)(H2,10,14)/b;11-4-. The van der Waals surface area contributed by atoms with Crippen molar-refractivity contribution in [2.75, 3.05) is 5.73 Å². The van der Waals surface area contributed by atoms with Crippen LogP contribution in [-0.2, 0) is 13.5 Å². The number of primary amides is 1. The van der Waals surface area contributed by atoms with E-state index in [1.54, 1.807) is 17.7 Å². The monoisotopic (exact) mass is 490 g/mol. The second-order valence-electron chi connectivity index (χ2n) is 7.75. The van der Waals surface area contributed by atoms with Crippen LogP contribution in [0.5, 0.6) is 0 Å². The molecule has 2 aromatic heterocycles. The first-order chi connectivity index (χ1) is 16.7. The number of hydrogen-bond acceptors (Lipinski definition) is 5. The van der Waals surface area contributed by atoms with Gasteiger partial charge >= 0.3 is 0 Å². The second kappa shape index (κ2) is 10.8. The summed E-state index contributed by atoms with van der Waals surface area (Å²) < 4.78 is 3.14. The van der Waals surface area contributed by atoms with Gasteiger partial charge < -0.3 is 11.5 Å². The van der Waals surface area contributed by atoms with Crippen molar-refractivity contribution < 1.29 is 4.79 Å². The van der Waals surface area contributed by atoms with Gasteiger partial charge in [0.15, 0.2) is 11.6 Å². The van der Waals surface area contributed by atoms with Crippen molar-refractivity contribution in [3.8, 4) is 5.69 Å². The summed E-state index contributed by atoms with van der Waals surface area (Å²) in [5.74, 6) is -0.238. The topological polar surface area (TPSA) is 121 Å². The van der Waals surface area contributed by atoms with Crippen LogP contribution in [0.4, 0.5) is 11.6 Å². The van der Waals surface area contributed by atoms with Crippen LogP contribution in [0.25, 0.3) is 16.5 Å². The number of carbonyl (C=O) groups is 1. The maximum Gasteiger partial charge on any atom is 0.264 e. The zero-order valence-corrected chi connectivity index (χ0v) is 20.6. The van der Waals surface area contributed by atoms with E-state index in [1.807, 2.05) is 49.4 Å². The van der Waals surface area contributed by atoms with Crippen LogP contribution in [0, 0.1) is 6.92 Å². The van der Waals surface area contributed by atoms with Crippen molar-refractivity contribution in [1.82, 2.24) is 14.3 Å². The Bertz CT molecular complexity index is 1480. The molecule has 2 aromatic carbocycles. The lowest BCUT2D eigenvalue weighted by Crippen LogP contribution is -2.22. The molecule has 0 aliphatic heterocycles. The molecule has 4 N–H and O–H groups in total. The summed E-state index contributed by atoms with van der Waals surface area (Å²) in [6.45, 7) is 7.54. The lowest BCUT2D eigenvalue weighted by molar-refractivity contribution is 0.100. The molecule has 0 unspecified atom stereocenters. The highest BCUT2D eigenvalue weighted by Crippen LogP contribution is 2.24. The lowest BCUT2D eigenvalue weighted by atomic mass is 10.1. The second-order valence-corrected chi connectivity index (χ2v) is 8.16. The van der Waals surface area contributed by atoms with Crippen LogP contribution in [0.3, 0.4) is 0 Å². The number of aryl methyl sites for hydroxylation is 3. The van der Waals surface area contributed by atoms with Crippen molar-refractivity contribution in [3.63, 3.8) is 0 Å². The van der Waals surface area contributed by atoms with E-state index in [4.69, 9.17) is 23.1 Å². The fourth-order valence-corrected chi connectivity index (χ4v) is 3.92. The summed E-state index contributed by atoms with van der Waals surface area (Å²) in [5, 5.41) is 5.81. The van der Waals surface area contributed by atoms with E-state index < -0.39 is 5.91 Å². The first kappa shape index (κ1) is 25.5. The molecule has 0 bridgehead atoms. The highest BCUT2D eigenvalue weighted by atomic mass is 35.5. The van der Waals surface area contributed by atoms with Gasteiger partial charge in [0.1, 0.15) is 5.56 Å². The van der Waals surface area contributed by atoms with E-state index in [0.29, 0.717) is 16.2 Å². The van der Waals surface area contributed by atoms with Gasteiger partial charge in [0.2, 0.25) is 0 Å². The fourth-order valence-electron chi connectivity index (χ4n) is 3.65. The van der Waals surface area contributed by atoms with E-state index >= 15 is 0 Å². The number of aromatic nitrogens is 3. The zero-order chi connectivity index (χ0) is 25.7. The van der Waals surface area contributed by atoms with E-state index in [2.05, 4.69) is 23.6 Å². The molecular formula is C26H27ClN6O2. The number of hydrogen-bond donors (Lipinski definition) is 2. The number of fused-ring (bicyclic) bond motifs is 1. The molecule has 8 nitrogen and oxygen atoms in total. The molecule has 0 spiro atoms. The highest BCUT2D eigenvalue weighted by molar-refractivity contribution is 6.35. The maximum atomic E-state index is 12.9. The summed E-state index contributed by atoms with van der Waals surface area (Å²) in [4.78, 5) is 27.8. The molecule has 0 aliphatic rings. The number of anilines is 1. The number of rotatable bonds is 5. The number of halogens is 1. The van der Waals surface area contributed by atoms with Crippen LogP contribution in [-0.4, -0.2) is 26.5 Å². The summed E-state index contributed by atoms with van der Waals surface area (Å²) in [6, 6.07) is 15.6. The average Bonchev–Trinajstić information content (AvgIpc) is 3.11. The molecule has 1 amide bonds. The third kappa shape index (κ3) is 5.33. The van der Waals surface area contributed by atoms with Gasteiger partial charge in [-0.3, -0.25) is 14.2 Å². The largest absolute Gasteiger partial charge is 0.381 e. The average molecular weight is 491 g/mol. The first-order valence-electron chi connectivity index (χ1n) is 10.9. The van der Waals surface area contributed by atoms with Crippen LogP contribution >= 0.6 is 11.6 Å². The minimum absolute atomic E-state index is 0.0567. The number of nitrogen functional groups attached to an aromatic ring is 1. The highest BCUT2D eigenvalue weighted by Gasteiger charge is 2.17. The number of allylic oxidation sites excluding steroid dienone is 1. The predicted molar refractivity (Wildman–Crippen MR) is 143 cm³/mol. The Balaban J connectivity index is 0.000000214. The zero-order valence-electron chi connectivity index (χ0n) is 19.8. The van der Waals surface area contributed by atoms with Crippen molar-refractivity contribution in [2.45, 2.75) is 20.3 Å². The van der Waals surface area contributed by atoms with Crippen LogP contribution in [0.2, 0.25) is 5.02 Å². The molecule has 0 radical (unpaired) electrons. The summed E-state index contributed by atoms with van der Waals surface area (Å²) in [5.41, 5.74) is 13.7. The SMILES string of the molecule is C=C/C=N\c1c(C(N)=O)c(N)nn1C.CCc1cc2cccc(Cl)c2c(=O)n1-c1ccc(C)cc1. The molecule has 0 fully saturated rings. The van der Waals surface area contributed by atoms with Gasteiger partial charge in [-0.05, 0) is 43.0 Å². The van der Waals surface area contributed by atoms with Crippen molar-refractivity contribution >= 4 is 46.1 Å². The molecule has 180 valence electrons. The Kier molecular flexibility index (Phi) is 7.88. The minimum atomic E-state index is -0.646. The molecule has 0 saturated heterocycles. The smallest absolute Gasteiger partial charge is 0.264 e. The van der Waals surface area contributed by atoms with Gasteiger partial charge in [-0.15, -0.1) is 0 Å². The van der Waals surface area contributed by atoms with Crippen LogP contribution in [0.15, 0.2) is 71.0 Å². The van der Waals surface area contributed by atoms with E-state index in [0.717, 1.165) is 23.2 Å². The summed E-state index contributed by atoms with van der Waals surface area (Å²) in [7, 11) is 1.62. The molecular weight excluding hydrogens is 464 g/mol. The van der Waals surface area contributed by atoms with Crippen molar-refractivity contribution in [2.24, 2.45) is 17.8 Å². The number of amides is 1. The molecule has 9 heteroatoms. The summed E-state index contributed by atoms with van der Waals surface area (Å²) >= 11 is 6.23. The molecule has 0 saturated carbocycles. The van der Waals surface area contributed by atoms with E-state index in [1.165, 1.54) is 22.5 Å². The lowest BCUT2D eigenvalue weighted by Gasteiger charge is -2.14. The predicted octanol–water partition coefficient (Wildman–Crippen LogP) is 4.50. The third-order valence-corrected chi connectivity index (χ3v) is 5.63. The number of pyridine rings is 1. The number of aliphatic imine (C=N–C) groups is 1.